The van der Waals surface area contributed by atoms with Crippen LogP contribution in [0.2, 0.25) is 0 Å². The molecule has 0 aliphatic carbocycles. The molecule has 0 aliphatic rings. The van der Waals surface area contributed by atoms with Crippen molar-refractivity contribution in [1.29, 1.82) is 0 Å². The summed E-state index contributed by atoms with van der Waals surface area (Å²) in [5.41, 5.74) is 7.04. The summed E-state index contributed by atoms with van der Waals surface area (Å²) in [6.07, 6.45) is -0.000549. The second-order valence-corrected chi connectivity index (χ2v) is 4.10. The Morgan fingerprint density at radius 1 is 1.42 bits per heavy atom. The predicted molar refractivity (Wildman–Crippen MR) is 71.6 cm³/mol. The molecule has 0 spiro atoms. The molecular weight excluding hydrogens is 248 g/mol. The molecule has 1 aromatic carbocycles. The second kappa shape index (κ2) is 7.60. The molecule has 19 heavy (non-hydrogen) atoms. The summed E-state index contributed by atoms with van der Waals surface area (Å²) < 4.78 is 15.7. The van der Waals surface area contributed by atoms with Gasteiger partial charge < -0.3 is 25.2 Å². The quantitative estimate of drug-likeness (QED) is 0.337. The van der Waals surface area contributed by atoms with E-state index in [1.807, 2.05) is 13.0 Å². The van der Waals surface area contributed by atoms with Gasteiger partial charge in [0.25, 0.3) is 0 Å². The lowest BCUT2D eigenvalue weighted by Crippen LogP contribution is -2.16. The zero-order valence-corrected chi connectivity index (χ0v) is 11.4. The highest BCUT2D eigenvalue weighted by Crippen LogP contribution is 2.20. The van der Waals surface area contributed by atoms with E-state index >= 15 is 0 Å². The highest BCUT2D eigenvalue weighted by atomic mass is 16.5. The Labute approximate surface area is 112 Å². The Hall–Kier alpha value is -1.79. The van der Waals surface area contributed by atoms with Crippen LogP contribution in [0, 0.1) is 0 Å². The molecule has 6 heteroatoms. The van der Waals surface area contributed by atoms with Crippen LogP contribution in [0.15, 0.2) is 23.4 Å². The van der Waals surface area contributed by atoms with Gasteiger partial charge in [-0.05, 0) is 24.6 Å². The number of ether oxygens (including phenoxy) is 3. The van der Waals surface area contributed by atoms with Gasteiger partial charge in [-0.25, -0.2) is 0 Å². The van der Waals surface area contributed by atoms with Crippen molar-refractivity contribution in [2.45, 2.75) is 19.6 Å². The molecule has 6 nitrogen and oxygen atoms in total. The van der Waals surface area contributed by atoms with Crippen molar-refractivity contribution >= 4 is 5.84 Å². The number of nitrogens with zero attached hydrogens (tertiary/aromatic N) is 1. The van der Waals surface area contributed by atoms with E-state index in [4.69, 9.17) is 25.2 Å². The van der Waals surface area contributed by atoms with Crippen LogP contribution in [0.25, 0.3) is 0 Å². The summed E-state index contributed by atoms with van der Waals surface area (Å²) in [6.45, 7) is 2.88. The van der Waals surface area contributed by atoms with E-state index in [1.54, 1.807) is 19.2 Å². The molecule has 0 saturated carbocycles. The fourth-order valence-corrected chi connectivity index (χ4v) is 1.62. The first-order valence-corrected chi connectivity index (χ1v) is 5.87. The minimum Gasteiger partial charge on any atom is -0.496 e. The molecule has 1 aromatic rings. The van der Waals surface area contributed by atoms with Crippen molar-refractivity contribution in [1.82, 2.24) is 0 Å². The van der Waals surface area contributed by atoms with Crippen molar-refractivity contribution in [2.24, 2.45) is 10.9 Å². The Kier molecular flexibility index (Phi) is 6.11. The maximum absolute atomic E-state index is 8.75. The molecule has 0 fully saturated rings. The first kappa shape index (κ1) is 15.3. The predicted octanol–water partition coefficient (Wildman–Crippen LogP) is 1.34. The van der Waals surface area contributed by atoms with Crippen molar-refractivity contribution < 1.29 is 19.4 Å². The van der Waals surface area contributed by atoms with Gasteiger partial charge in [-0.1, -0.05) is 11.2 Å². The van der Waals surface area contributed by atoms with Crippen LogP contribution < -0.4 is 10.5 Å². The van der Waals surface area contributed by atoms with E-state index in [0.29, 0.717) is 24.5 Å². The topological polar surface area (TPSA) is 86.3 Å². The minimum atomic E-state index is -0.000549. The zero-order chi connectivity index (χ0) is 14.3. The number of hydrogen-bond acceptors (Lipinski definition) is 5. The summed E-state index contributed by atoms with van der Waals surface area (Å²) in [5.74, 6) is 0.549. The molecule has 1 atom stereocenters. The fraction of sp³-hybridized carbons (Fsp3) is 0.462. The van der Waals surface area contributed by atoms with Gasteiger partial charge >= 0.3 is 0 Å². The van der Waals surface area contributed by atoms with Crippen LogP contribution in [-0.4, -0.2) is 38.0 Å². The van der Waals surface area contributed by atoms with Crippen LogP contribution >= 0.6 is 0 Å². The number of nitrogens with two attached hydrogens (primary N) is 1. The fourth-order valence-electron chi connectivity index (χ4n) is 1.62. The van der Waals surface area contributed by atoms with Crippen LogP contribution in [-0.2, 0) is 16.1 Å². The third-order valence-electron chi connectivity index (χ3n) is 2.58. The lowest BCUT2D eigenvalue weighted by atomic mass is 10.1. The molecule has 0 aromatic heterocycles. The maximum atomic E-state index is 8.75. The molecule has 1 unspecified atom stereocenters. The van der Waals surface area contributed by atoms with Gasteiger partial charge in [0.1, 0.15) is 5.75 Å². The van der Waals surface area contributed by atoms with E-state index in [9.17, 15) is 0 Å². The van der Waals surface area contributed by atoms with Gasteiger partial charge in [0.2, 0.25) is 0 Å². The lowest BCUT2D eigenvalue weighted by Gasteiger charge is -2.13. The minimum absolute atomic E-state index is 0.000549. The van der Waals surface area contributed by atoms with Gasteiger partial charge in [-0.2, -0.15) is 0 Å². The SMILES string of the molecule is COCC(C)OCc1ccc(OC)c(C(N)=NO)c1. The van der Waals surface area contributed by atoms with Gasteiger partial charge in [0, 0.05) is 7.11 Å². The third-order valence-corrected chi connectivity index (χ3v) is 2.58. The summed E-state index contributed by atoms with van der Waals surface area (Å²) in [7, 11) is 3.16. The standard InChI is InChI=1S/C13H20N2O4/c1-9(7-17-2)19-8-10-4-5-12(18-3)11(6-10)13(14)15-16/h4-6,9,16H,7-8H2,1-3H3,(H2,14,15). The summed E-state index contributed by atoms with van der Waals surface area (Å²) >= 11 is 0. The summed E-state index contributed by atoms with van der Waals surface area (Å²) in [4.78, 5) is 0. The lowest BCUT2D eigenvalue weighted by molar-refractivity contribution is -0.000139. The second-order valence-electron chi connectivity index (χ2n) is 4.10. The van der Waals surface area contributed by atoms with E-state index in [0.717, 1.165) is 5.56 Å². The van der Waals surface area contributed by atoms with E-state index in [-0.39, 0.29) is 11.9 Å². The molecule has 0 aliphatic heterocycles. The largest absolute Gasteiger partial charge is 0.496 e. The third kappa shape index (κ3) is 4.42. The number of hydrogen-bond donors (Lipinski definition) is 2. The normalized spacial score (nSPS) is 13.3. The molecular formula is C13H20N2O4. The van der Waals surface area contributed by atoms with Crippen molar-refractivity contribution in [3.8, 4) is 5.75 Å². The Morgan fingerprint density at radius 2 is 2.16 bits per heavy atom. The number of rotatable bonds is 7. The number of oxime groups is 1. The zero-order valence-electron chi connectivity index (χ0n) is 11.4. The average Bonchev–Trinajstić information content (AvgIpc) is 2.44. The molecule has 0 bridgehead atoms. The van der Waals surface area contributed by atoms with Crippen LogP contribution in [0.5, 0.6) is 5.75 Å². The molecule has 0 heterocycles. The Morgan fingerprint density at radius 3 is 2.74 bits per heavy atom. The van der Waals surface area contributed by atoms with Crippen molar-refractivity contribution in [3.05, 3.63) is 29.3 Å². The average molecular weight is 268 g/mol. The van der Waals surface area contributed by atoms with Gasteiger partial charge in [0.15, 0.2) is 5.84 Å². The Bertz CT molecular complexity index is 435. The number of amidine groups is 1. The highest BCUT2D eigenvalue weighted by Gasteiger charge is 2.10. The van der Waals surface area contributed by atoms with Crippen molar-refractivity contribution in [3.63, 3.8) is 0 Å². The van der Waals surface area contributed by atoms with Crippen LogP contribution in [0.1, 0.15) is 18.1 Å². The summed E-state index contributed by atoms with van der Waals surface area (Å²) in [6, 6.07) is 5.40. The number of methoxy groups -OCH3 is 2. The smallest absolute Gasteiger partial charge is 0.173 e. The molecule has 0 amide bonds. The van der Waals surface area contributed by atoms with Crippen LogP contribution in [0.4, 0.5) is 0 Å². The first-order chi connectivity index (χ1) is 9.12. The first-order valence-electron chi connectivity index (χ1n) is 5.87. The monoisotopic (exact) mass is 268 g/mol. The van der Waals surface area contributed by atoms with E-state index in [2.05, 4.69) is 5.16 Å². The summed E-state index contributed by atoms with van der Waals surface area (Å²) in [5, 5.41) is 11.7. The highest BCUT2D eigenvalue weighted by molar-refractivity contribution is 5.99. The molecule has 1 rings (SSSR count). The molecule has 0 saturated heterocycles. The number of benzene rings is 1. The van der Waals surface area contributed by atoms with Crippen LogP contribution in [0.3, 0.4) is 0 Å². The van der Waals surface area contributed by atoms with Crippen molar-refractivity contribution in [2.75, 3.05) is 20.8 Å². The molecule has 0 radical (unpaired) electrons. The van der Waals surface area contributed by atoms with E-state index < -0.39 is 0 Å². The van der Waals surface area contributed by atoms with Gasteiger partial charge in [-0.3, -0.25) is 0 Å². The molecule has 3 N–H and O–H groups in total. The maximum Gasteiger partial charge on any atom is 0.173 e. The van der Waals surface area contributed by atoms with E-state index in [1.165, 1.54) is 7.11 Å². The Balaban J connectivity index is 2.81. The van der Waals surface area contributed by atoms with Gasteiger partial charge in [0.05, 0.1) is 32.0 Å². The van der Waals surface area contributed by atoms with Gasteiger partial charge in [-0.15, -0.1) is 0 Å². The molecule has 106 valence electrons.